The summed E-state index contributed by atoms with van der Waals surface area (Å²) in [5.41, 5.74) is 2.80. The molecule has 0 bridgehead atoms. The Bertz CT molecular complexity index is 345. The predicted octanol–water partition coefficient (Wildman–Crippen LogP) is 1.16. The first-order valence-electron chi connectivity index (χ1n) is 6.47. The van der Waals surface area contributed by atoms with E-state index in [4.69, 9.17) is 0 Å². The maximum absolute atomic E-state index is 3.44. The van der Waals surface area contributed by atoms with Crippen LogP contribution < -0.4 is 10.6 Å². The van der Waals surface area contributed by atoms with E-state index in [1.54, 1.807) is 0 Å². The normalized spacial score (nSPS) is 19.2. The number of hydrogen-bond donors (Lipinski definition) is 2. The molecule has 0 amide bonds. The molecule has 1 aromatic rings. The second kappa shape index (κ2) is 6.15. The Morgan fingerprint density at radius 1 is 1.29 bits per heavy atom. The highest BCUT2D eigenvalue weighted by atomic mass is 15.2. The molecule has 1 aliphatic rings. The van der Waals surface area contributed by atoms with E-state index in [1.807, 2.05) is 0 Å². The first-order chi connectivity index (χ1) is 8.31. The van der Waals surface area contributed by atoms with Gasteiger partial charge in [0.1, 0.15) is 0 Å². The minimum absolute atomic E-state index is 0.439. The van der Waals surface area contributed by atoms with Crippen molar-refractivity contribution < 1.29 is 0 Å². The fraction of sp³-hybridized carbons (Fsp3) is 0.571. The molecule has 0 spiro atoms. The summed E-state index contributed by atoms with van der Waals surface area (Å²) in [5, 5.41) is 6.84. The zero-order valence-corrected chi connectivity index (χ0v) is 10.9. The van der Waals surface area contributed by atoms with E-state index in [-0.39, 0.29) is 0 Å². The molecule has 1 unspecified atom stereocenters. The summed E-state index contributed by atoms with van der Waals surface area (Å²) in [6.45, 7) is 7.84. The smallest absolute Gasteiger partial charge is 0.0449 e. The lowest BCUT2D eigenvalue weighted by Crippen LogP contribution is -2.46. The topological polar surface area (TPSA) is 27.3 Å². The second-order valence-corrected chi connectivity index (χ2v) is 4.75. The van der Waals surface area contributed by atoms with Gasteiger partial charge in [-0.05, 0) is 25.1 Å². The molecule has 2 rings (SSSR count). The van der Waals surface area contributed by atoms with E-state index < -0.39 is 0 Å². The molecule has 1 aliphatic heterocycles. The Kier molecular flexibility index (Phi) is 4.54. The van der Waals surface area contributed by atoms with Crippen LogP contribution in [0.5, 0.6) is 0 Å². The van der Waals surface area contributed by atoms with Crippen molar-refractivity contribution in [1.29, 1.82) is 0 Å². The third-order valence-corrected chi connectivity index (χ3v) is 3.56. The number of nitrogens with zero attached hydrogens (tertiary/aromatic N) is 1. The van der Waals surface area contributed by atoms with E-state index in [9.17, 15) is 0 Å². The molecular weight excluding hydrogens is 210 g/mol. The highest BCUT2D eigenvalue weighted by molar-refractivity contribution is 5.28. The monoisotopic (exact) mass is 233 g/mol. The zero-order chi connectivity index (χ0) is 12.1. The first-order valence-corrected chi connectivity index (χ1v) is 6.47. The van der Waals surface area contributed by atoms with Gasteiger partial charge >= 0.3 is 0 Å². The minimum atomic E-state index is 0.439. The molecule has 1 atom stereocenters. The number of rotatable bonds is 4. The van der Waals surface area contributed by atoms with Crippen molar-refractivity contribution in [1.82, 2.24) is 15.5 Å². The van der Waals surface area contributed by atoms with Crippen LogP contribution >= 0.6 is 0 Å². The lowest BCUT2D eigenvalue weighted by molar-refractivity contribution is 0.219. The van der Waals surface area contributed by atoms with E-state index in [0.29, 0.717) is 6.04 Å². The molecule has 17 heavy (non-hydrogen) atoms. The molecule has 1 fully saturated rings. The Labute approximate surface area is 104 Å². The van der Waals surface area contributed by atoms with Gasteiger partial charge in [-0.15, -0.1) is 0 Å². The van der Waals surface area contributed by atoms with Crippen LogP contribution in [-0.2, 0) is 0 Å². The zero-order valence-electron chi connectivity index (χ0n) is 10.9. The van der Waals surface area contributed by atoms with Gasteiger partial charge in [0, 0.05) is 38.8 Å². The summed E-state index contributed by atoms with van der Waals surface area (Å²) in [4.78, 5) is 2.53. The largest absolute Gasteiger partial charge is 0.314 e. The molecule has 3 heteroatoms. The lowest BCUT2D eigenvalue weighted by atomic mass is 10.0. The summed E-state index contributed by atoms with van der Waals surface area (Å²) in [5.74, 6) is 0. The van der Waals surface area contributed by atoms with Crippen LogP contribution in [0.25, 0.3) is 0 Å². The average Bonchev–Trinajstić information content (AvgIpc) is 2.38. The van der Waals surface area contributed by atoms with Crippen molar-refractivity contribution in [3.05, 3.63) is 35.4 Å². The second-order valence-electron chi connectivity index (χ2n) is 4.75. The van der Waals surface area contributed by atoms with Gasteiger partial charge in [0.2, 0.25) is 0 Å². The third-order valence-electron chi connectivity index (χ3n) is 3.56. The molecule has 1 heterocycles. The number of hydrogen-bond acceptors (Lipinski definition) is 3. The van der Waals surface area contributed by atoms with Crippen LogP contribution in [0.4, 0.5) is 0 Å². The number of nitrogens with one attached hydrogen (secondary N) is 2. The fourth-order valence-electron chi connectivity index (χ4n) is 2.47. The predicted molar refractivity (Wildman–Crippen MR) is 72.3 cm³/mol. The van der Waals surface area contributed by atoms with Crippen LogP contribution in [0.15, 0.2) is 24.3 Å². The van der Waals surface area contributed by atoms with E-state index in [1.165, 1.54) is 11.1 Å². The van der Waals surface area contributed by atoms with Gasteiger partial charge in [0.05, 0.1) is 0 Å². The van der Waals surface area contributed by atoms with Crippen LogP contribution in [0, 0.1) is 6.92 Å². The molecule has 0 aliphatic carbocycles. The summed E-state index contributed by atoms with van der Waals surface area (Å²) in [6, 6.07) is 9.10. The summed E-state index contributed by atoms with van der Waals surface area (Å²) in [7, 11) is 2.05. The van der Waals surface area contributed by atoms with E-state index in [2.05, 4.69) is 53.8 Å². The van der Waals surface area contributed by atoms with Gasteiger partial charge in [-0.3, -0.25) is 4.90 Å². The van der Waals surface area contributed by atoms with Gasteiger partial charge in [0.25, 0.3) is 0 Å². The Morgan fingerprint density at radius 2 is 2.00 bits per heavy atom. The molecule has 1 aromatic carbocycles. The van der Waals surface area contributed by atoms with Crippen LogP contribution in [0.1, 0.15) is 17.2 Å². The lowest BCUT2D eigenvalue weighted by Gasteiger charge is -2.31. The van der Waals surface area contributed by atoms with Gasteiger partial charge in [-0.25, -0.2) is 0 Å². The van der Waals surface area contributed by atoms with Crippen molar-refractivity contribution in [3.8, 4) is 0 Å². The molecule has 3 nitrogen and oxygen atoms in total. The Balaban J connectivity index is 2.03. The average molecular weight is 233 g/mol. The van der Waals surface area contributed by atoms with Crippen molar-refractivity contribution in [2.45, 2.75) is 13.0 Å². The number of benzene rings is 1. The molecule has 0 saturated carbocycles. The summed E-state index contributed by atoms with van der Waals surface area (Å²) < 4.78 is 0. The van der Waals surface area contributed by atoms with E-state index >= 15 is 0 Å². The fourth-order valence-corrected chi connectivity index (χ4v) is 2.47. The molecule has 0 aromatic heterocycles. The third kappa shape index (κ3) is 3.28. The van der Waals surface area contributed by atoms with Crippen molar-refractivity contribution in [3.63, 3.8) is 0 Å². The Hall–Kier alpha value is -0.900. The first kappa shape index (κ1) is 12.6. The molecular formula is C14H23N3. The highest BCUT2D eigenvalue weighted by Crippen LogP contribution is 2.18. The molecule has 2 N–H and O–H groups in total. The van der Waals surface area contributed by atoms with Gasteiger partial charge < -0.3 is 10.6 Å². The quantitative estimate of drug-likeness (QED) is 0.817. The standard InChI is InChI=1S/C14H23N3/c1-12-5-3-4-6-13(12)14(15-2)11-17-9-7-16-8-10-17/h3-6,14-16H,7-11H2,1-2H3. The number of aryl methyl sites for hydroxylation is 1. The van der Waals surface area contributed by atoms with Crippen LogP contribution in [0.2, 0.25) is 0 Å². The maximum Gasteiger partial charge on any atom is 0.0449 e. The maximum atomic E-state index is 3.44. The number of piperazine rings is 1. The van der Waals surface area contributed by atoms with Crippen LogP contribution in [0.3, 0.4) is 0 Å². The van der Waals surface area contributed by atoms with Gasteiger partial charge in [-0.2, -0.15) is 0 Å². The Morgan fingerprint density at radius 3 is 2.65 bits per heavy atom. The van der Waals surface area contributed by atoms with Gasteiger partial charge in [0.15, 0.2) is 0 Å². The minimum Gasteiger partial charge on any atom is -0.314 e. The highest BCUT2D eigenvalue weighted by Gasteiger charge is 2.17. The number of likely N-dealkylation sites (N-methyl/N-ethyl adjacent to an activating group) is 1. The van der Waals surface area contributed by atoms with Crippen molar-refractivity contribution in [2.24, 2.45) is 0 Å². The van der Waals surface area contributed by atoms with Crippen molar-refractivity contribution in [2.75, 3.05) is 39.8 Å². The summed E-state index contributed by atoms with van der Waals surface area (Å²) in [6.07, 6.45) is 0. The molecule has 1 saturated heterocycles. The SMILES string of the molecule is CNC(CN1CCNCC1)c1ccccc1C. The summed E-state index contributed by atoms with van der Waals surface area (Å²) >= 11 is 0. The molecule has 0 radical (unpaired) electrons. The van der Waals surface area contributed by atoms with Crippen molar-refractivity contribution >= 4 is 0 Å². The van der Waals surface area contributed by atoms with Gasteiger partial charge in [-0.1, -0.05) is 24.3 Å². The van der Waals surface area contributed by atoms with E-state index in [0.717, 1.165) is 32.7 Å². The van der Waals surface area contributed by atoms with Crippen LogP contribution in [-0.4, -0.2) is 44.7 Å². The molecule has 94 valence electrons.